The number of morpholine rings is 1. The molecule has 1 aliphatic rings. The number of H-pyrrole nitrogens is 1. The number of aromatic amines is 1. The monoisotopic (exact) mass is 540 g/mol. The number of rotatable bonds is 9. The van der Waals surface area contributed by atoms with Crippen LogP contribution in [0.1, 0.15) is 5.69 Å². The fourth-order valence-corrected chi connectivity index (χ4v) is 4.37. The van der Waals surface area contributed by atoms with Crippen molar-refractivity contribution in [3.05, 3.63) is 72.8 Å². The molecule has 5 rings (SSSR count). The standard InChI is InChI=1S/C29H32N8O3/c1-36(2)11-3-4-26(38)34-23-10-9-22(30-18-23)16-27(39)33-21-7-5-20(6-8-21)25-17-24-28(35-25)31-19-32-29(24)37-12-14-40-15-13-37/h3-10,17-19H,11-16H2,1-2H3,(H,33,39)(H,34,38)(H,31,32,35)/b4-3+. The molecule has 0 bridgehead atoms. The van der Waals surface area contributed by atoms with E-state index in [2.05, 4.69) is 41.5 Å². The minimum absolute atomic E-state index is 0.115. The Hall–Kier alpha value is -4.61. The summed E-state index contributed by atoms with van der Waals surface area (Å²) in [6.07, 6.45) is 6.51. The van der Waals surface area contributed by atoms with Crippen molar-refractivity contribution in [1.29, 1.82) is 0 Å². The van der Waals surface area contributed by atoms with Crippen LogP contribution < -0.4 is 15.5 Å². The molecule has 2 amide bonds. The number of pyridine rings is 1. The number of aromatic nitrogens is 4. The molecule has 1 fully saturated rings. The van der Waals surface area contributed by atoms with Crippen LogP contribution in [0.3, 0.4) is 0 Å². The van der Waals surface area contributed by atoms with Gasteiger partial charge in [0.05, 0.1) is 36.9 Å². The van der Waals surface area contributed by atoms with Gasteiger partial charge in [0.15, 0.2) is 0 Å². The number of hydrogen-bond acceptors (Lipinski definition) is 8. The first-order valence-electron chi connectivity index (χ1n) is 13.1. The van der Waals surface area contributed by atoms with Gasteiger partial charge in [-0.3, -0.25) is 14.6 Å². The van der Waals surface area contributed by atoms with Crippen LogP contribution in [-0.2, 0) is 20.7 Å². The van der Waals surface area contributed by atoms with Crippen molar-refractivity contribution in [3.8, 4) is 11.3 Å². The molecular weight excluding hydrogens is 508 g/mol. The van der Waals surface area contributed by atoms with E-state index in [1.165, 1.54) is 6.08 Å². The van der Waals surface area contributed by atoms with Gasteiger partial charge in [0.1, 0.15) is 17.8 Å². The smallest absolute Gasteiger partial charge is 0.248 e. The molecule has 3 aromatic heterocycles. The third-order valence-corrected chi connectivity index (χ3v) is 6.37. The van der Waals surface area contributed by atoms with Crippen molar-refractivity contribution in [2.24, 2.45) is 0 Å². The van der Waals surface area contributed by atoms with Gasteiger partial charge in [-0.1, -0.05) is 18.2 Å². The second-order valence-electron chi connectivity index (χ2n) is 9.74. The van der Waals surface area contributed by atoms with E-state index < -0.39 is 0 Å². The summed E-state index contributed by atoms with van der Waals surface area (Å²) >= 11 is 0. The Morgan fingerprint density at radius 1 is 1.02 bits per heavy atom. The summed E-state index contributed by atoms with van der Waals surface area (Å²) in [5.74, 6) is 0.496. The van der Waals surface area contributed by atoms with Crippen molar-refractivity contribution in [2.45, 2.75) is 6.42 Å². The van der Waals surface area contributed by atoms with E-state index in [1.54, 1.807) is 30.7 Å². The molecule has 11 nitrogen and oxygen atoms in total. The Bertz CT molecular complexity index is 1490. The molecule has 206 valence electrons. The highest BCUT2D eigenvalue weighted by Crippen LogP contribution is 2.29. The zero-order chi connectivity index (χ0) is 27.9. The number of amides is 2. The lowest BCUT2D eigenvalue weighted by molar-refractivity contribution is -0.115. The first-order valence-corrected chi connectivity index (χ1v) is 13.1. The second kappa shape index (κ2) is 12.5. The number of nitrogens with one attached hydrogen (secondary N) is 3. The maximum Gasteiger partial charge on any atom is 0.248 e. The molecule has 1 aliphatic heterocycles. The van der Waals surface area contributed by atoms with Gasteiger partial charge in [-0.25, -0.2) is 9.97 Å². The first-order chi connectivity index (χ1) is 19.4. The second-order valence-corrected chi connectivity index (χ2v) is 9.74. The van der Waals surface area contributed by atoms with Crippen LogP contribution in [0.2, 0.25) is 0 Å². The van der Waals surface area contributed by atoms with Gasteiger partial charge in [0, 0.05) is 42.8 Å². The third kappa shape index (κ3) is 6.87. The van der Waals surface area contributed by atoms with Gasteiger partial charge in [-0.15, -0.1) is 0 Å². The van der Waals surface area contributed by atoms with E-state index in [4.69, 9.17) is 4.74 Å². The number of likely N-dealkylation sites (N-methyl/N-ethyl adjacent to an activating group) is 1. The fourth-order valence-electron chi connectivity index (χ4n) is 4.37. The fraction of sp³-hybridized carbons (Fsp3) is 0.276. The van der Waals surface area contributed by atoms with Gasteiger partial charge in [0.25, 0.3) is 0 Å². The molecular formula is C29H32N8O3. The van der Waals surface area contributed by atoms with Crippen LogP contribution in [0.5, 0.6) is 0 Å². The number of fused-ring (bicyclic) bond motifs is 1. The summed E-state index contributed by atoms with van der Waals surface area (Å²) in [7, 11) is 3.86. The van der Waals surface area contributed by atoms with Gasteiger partial charge in [-0.05, 0) is 50.0 Å². The van der Waals surface area contributed by atoms with Crippen LogP contribution in [0.15, 0.2) is 67.1 Å². The Morgan fingerprint density at radius 3 is 2.52 bits per heavy atom. The normalized spacial score (nSPS) is 13.7. The third-order valence-electron chi connectivity index (χ3n) is 6.37. The molecule has 0 radical (unpaired) electrons. The van der Waals surface area contributed by atoms with Crippen LogP contribution in [0.4, 0.5) is 17.2 Å². The van der Waals surface area contributed by atoms with Gasteiger partial charge < -0.3 is 30.2 Å². The number of hydrogen-bond donors (Lipinski definition) is 3. The lowest BCUT2D eigenvalue weighted by atomic mass is 10.1. The number of carbonyl (C=O) groups is 2. The Labute approximate surface area is 232 Å². The average Bonchev–Trinajstić information content (AvgIpc) is 3.39. The summed E-state index contributed by atoms with van der Waals surface area (Å²) in [5, 5.41) is 6.64. The Balaban J connectivity index is 1.17. The van der Waals surface area contributed by atoms with Crippen LogP contribution in [0, 0.1) is 0 Å². The average molecular weight is 541 g/mol. The minimum Gasteiger partial charge on any atom is -0.378 e. The molecule has 4 heterocycles. The molecule has 1 aromatic carbocycles. The zero-order valence-electron chi connectivity index (χ0n) is 22.6. The summed E-state index contributed by atoms with van der Waals surface area (Å²) in [4.78, 5) is 45.4. The SMILES string of the molecule is CN(C)C/C=C/C(=O)Nc1ccc(CC(=O)Nc2ccc(-c3cc4c(N5CCOCC5)ncnc4[nH]3)cc2)nc1. The highest BCUT2D eigenvalue weighted by atomic mass is 16.5. The molecule has 0 atom stereocenters. The molecule has 0 spiro atoms. The highest BCUT2D eigenvalue weighted by molar-refractivity contribution is 5.99. The van der Waals surface area contributed by atoms with Crippen LogP contribution in [-0.4, -0.2) is 83.6 Å². The zero-order valence-corrected chi connectivity index (χ0v) is 22.6. The van der Waals surface area contributed by atoms with Gasteiger partial charge >= 0.3 is 0 Å². The number of nitrogens with zero attached hydrogens (tertiary/aromatic N) is 5. The number of anilines is 3. The first kappa shape index (κ1) is 27.0. The predicted molar refractivity (Wildman–Crippen MR) is 155 cm³/mol. The van der Waals surface area contributed by atoms with E-state index in [0.717, 1.165) is 41.2 Å². The van der Waals surface area contributed by atoms with E-state index >= 15 is 0 Å². The summed E-state index contributed by atoms with van der Waals surface area (Å²) in [5.41, 5.74) is 4.53. The highest BCUT2D eigenvalue weighted by Gasteiger charge is 2.17. The minimum atomic E-state index is -0.226. The molecule has 0 unspecified atom stereocenters. The molecule has 1 saturated heterocycles. The number of benzene rings is 1. The van der Waals surface area contributed by atoms with E-state index in [1.807, 2.05) is 43.3 Å². The molecule has 4 aromatic rings. The number of carbonyl (C=O) groups excluding carboxylic acids is 2. The Kier molecular flexibility index (Phi) is 8.43. The molecule has 40 heavy (non-hydrogen) atoms. The van der Waals surface area contributed by atoms with Crippen molar-refractivity contribution in [3.63, 3.8) is 0 Å². The van der Waals surface area contributed by atoms with Gasteiger partial charge in [-0.2, -0.15) is 0 Å². The van der Waals surface area contributed by atoms with Crippen LogP contribution >= 0.6 is 0 Å². The Morgan fingerprint density at radius 2 is 1.80 bits per heavy atom. The molecule has 3 N–H and O–H groups in total. The number of ether oxygens (including phenoxy) is 1. The van der Waals surface area contributed by atoms with Crippen LogP contribution in [0.25, 0.3) is 22.3 Å². The lowest BCUT2D eigenvalue weighted by Gasteiger charge is -2.27. The van der Waals surface area contributed by atoms with E-state index in [-0.39, 0.29) is 18.2 Å². The largest absolute Gasteiger partial charge is 0.378 e. The maximum absolute atomic E-state index is 12.6. The van der Waals surface area contributed by atoms with Gasteiger partial charge in [0.2, 0.25) is 11.8 Å². The quantitative estimate of drug-likeness (QED) is 0.276. The summed E-state index contributed by atoms with van der Waals surface area (Å²) < 4.78 is 5.47. The van der Waals surface area contributed by atoms with E-state index in [0.29, 0.717) is 36.8 Å². The van der Waals surface area contributed by atoms with Crippen molar-refractivity contribution >= 4 is 40.0 Å². The van der Waals surface area contributed by atoms with E-state index in [9.17, 15) is 9.59 Å². The lowest BCUT2D eigenvalue weighted by Crippen LogP contribution is -2.36. The van der Waals surface area contributed by atoms with Crippen molar-refractivity contribution < 1.29 is 14.3 Å². The molecule has 0 saturated carbocycles. The van der Waals surface area contributed by atoms with Crippen molar-refractivity contribution in [1.82, 2.24) is 24.8 Å². The maximum atomic E-state index is 12.6. The van der Waals surface area contributed by atoms with Crippen molar-refractivity contribution in [2.75, 3.05) is 62.5 Å². The predicted octanol–water partition coefficient (Wildman–Crippen LogP) is 3.09. The summed E-state index contributed by atoms with van der Waals surface area (Å²) in [6.45, 7) is 3.64. The molecule has 11 heteroatoms. The summed E-state index contributed by atoms with van der Waals surface area (Å²) in [6, 6.07) is 13.1. The molecule has 0 aliphatic carbocycles. The topological polar surface area (TPSA) is 128 Å².